The standard InChI is InChI=1S/C13H12BNO2/c14-12-2-1-8-15-13(12)17-11-5-3-10(4-6-11)7-9-16/h1-6,8,16H,7,9H2. The molecule has 84 valence electrons. The maximum Gasteiger partial charge on any atom is 0.211 e. The Morgan fingerprint density at radius 2 is 1.94 bits per heavy atom. The number of ether oxygens (including phenoxy) is 1. The molecule has 2 rings (SSSR count). The van der Waals surface area contributed by atoms with E-state index in [1.54, 1.807) is 18.3 Å². The number of benzene rings is 1. The van der Waals surface area contributed by atoms with Crippen LogP contribution in [0.1, 0.15) is 5.56 Å². The van der Waals surface area contributed by atoms with Gasteiger partial charge in [-0.3, -0.25) is 0 Å². The third kappa shape index (κ3) is 3.08. The van der Waals surface area contributed by atoms with Crippen LogP contribution in [0.25, 0.3) is 0 Å². The van der Waals surface area contributed by atoms with E-state index in [4.69, 9.17) is 17.7 Å². The summed E-state index contributed by atoms with van der Waals surface area (Å²) in [5, 5.41) is 8.80. The van der Waals surface area contributed by atoms with Gasteiger partial charge in [-0.05, 0) is 35.6 Å². The fourth-order valence-electron chi connectivity index (χ4n) is 1.45. The zero-order valence-corrected chi connectivity index (χ0v) is 9.34. The Bertz CT molecular complexity index is 485. The van der Waals surface area contributed by atoms with Crippen molar-refractivity contribution < 1.29 is 9.84 Å². The van der Waals surface area contributed by atoms with Crippen LogP contribution in [0.3, 0.4) is 0 Å². The second kappa shape index (κ2) is 5.50. The molecule has 0 aliphatic heterocycles. The highest BCUT2D eigenvalue weighted by Gasteiger charge is 2.01. The average Bonchev–Trinajstić information content (AvgIpc) is 2.35. The van der Waals surface area contributed by atoms with Crippen LogP contribution in [0.2, 0.25) is 0 Å². The summed E-state index contributed by atoms with van der Waals surface area (Å²) in [5.41, 5.74) is 1.57. The van der Waals surface area contributed by atoms with Crippen molar-refractivity contribution in [3.05, 3.63) is 48.2 Å². The van der Waals surface area contributed by atoms with E-state index in [0.717, 1.165) is 5.56 Å². The molecule has 0 aliphatic rings. The zero-order valence-electron chi connectivity index (χ0n) is 9.34. The number of aliphatic hydroxyl groups excluding tert-OH is 1. The van der Waals surface area contributed by atoms with E-state index in [-0.39, 0.29) is 6.61 Å². The van der Waals surface area contributed by atoms with Crippen molar-refractivity contribution in [3.63, 3.8) is 0 Å². The molecule has 0 saturated carbocycles. The van der Waals surface area contributed by atoms with Crippen LogP contribution in [0, 0.1) is 0 Å². The van der Waals surface area contributed by atoms with Crippen molar-refractivity contribution >= 4 is 13.3 Å². The molecule has 0 unspecified atom stereocenters. The van der Waals surface area contributed by atoms with E-state index >= 15 is 0 Å². The molecule has 1 heterocycles. The van der Waals surface area contributed by atoms with Gasteiger partial charge in [0.2, 0.25) is 5.88 Å². The van der Waals surface area contributed by atoms with Gasteiger partial charge in [0.05, 0.1) is 0 Å². The summed E-state index contributed by atoms with van der Waals surface area (Å²) in [6.07, 6.45) is 2.28. The van der Waals surface area contributed by atoms with Crippen LogP contribution in [0.4, 0.5) is 0 Å². The predicted molar refractivity (Wildman–Crippen MR) is 66.9 cm³/mol. The molecular formula is C13H12BNO2. The van der Waals surface area contributed by atoms with Crippen molar-refractivity contribution in [3.8, 4) is 11.6 Å². The largest absolute Gasteiger partial charge is 0.440 e. The lowest BCUT2D eigenvalue weighted by molar-refractivity contribution is 0.299. The Balaban J connectivity index is 2.11. The lowest BCUT2D eigenvalue weighted by Gasteiger charge is -2.07. The SMILES string of the molecule is [B]c1cccnc1Oc1ccc(CCO)cc1. The second-order valence-corrected chi connectivity index (χ2v) is 3.62. The van der Waals surface area contributed by atoms with Gasteiger partial charge in [-0.1, -0.05) is 18.2 Å². The number of aliphatic hydroxyl groups is 1. The molecule has 1 aromatic heterocycles. The molecule has 2 aromatic rings. The average molecular weight is 225 g/mol. The molecule has 0 bridgehead atoms. The summed E-state index contributed by atoms with van der Waals surface area (Å²) in [6, 6.07) is 11.0. The zero-order chi connectivity index (χ0) is 12.1. The van der Waals surface area contributed by atoms with Crippen LogP contribution in [0.5, 0.6) is 11.6 Å². The quantitative estimate of drug-likeness (QED) is 0.795. The van der Waals surface area contributed by atoms with Crippen molar-refractivity contribution in [2.75, 3.05) is 6.61 Å². The Hall–Kier alpha value is -1.81. The number of pyridine rings is 1. The molecule has 2 radical (unpaired) electrons. The molecule has 1 N–H and O–H groups in total. The molecule has 0 atom stereocenters. The van der Waals surface area contributed by atoms with Gasteiger partial charge in [-0.15, -0.1) is 0 Å². The first-order chi connectivity index (χ1) is 8.29. The van der Waals surface area contributed by atoms with Gasteiger partial charge >= 0.3 is 0 Å². The number of nitrogens with zero attached hydrogens (tertiary/aromatic N) is 1. The molecule has 3 nitrogen and oxygen atoms in total. The van der Waals surface area contributed by atoms with Crippen molar-refractivity contribution in [2.24, 2.45) is 0 Å². The van der Waals surface area contributed by atoms with Gasteiger partial charge in [0.1, 0.15) is 13.6 Å². The van der Waals surface area contributed by atoms with Crippen LogP contribution < -0.4 is 10.2 Å². The highest BCUT2D eigenvalue weighted by atomic mass is 16.5. The van der Waals surface area contributed by atoms with E-state index in [0.29, 0.717) is 23.5 Å². The van der Waals surface area contributed by atoms with Gasteiger partial charge < -0.3 is 9.84 Å². The highest BCUT2D eigenvalue weighted by molar-refractivity contribution is 6.33. The molecule has 0 aliphatic carbocycles. The van der Waals surface area contributed by atoms with Gasteiger partial charge in [0.15, 0.2) is 0 Å². The third-order valence-corrected chi connectivity index (χ3v) is 2.34. The molecule has 4 heteroatoms. The van der Waals surface area contributed by atoms with Crippen molar-refractivity contribution in [2.45, 2.75) is 6.42 Å². The predicted octanol–water partition coefficient (Wildman–Crippen LogP) is 1.20. The summed E-state index contributed by atoms with van der Waals surface area (Å²) in [4.78, 5) is 4.05. The smallest absolute Gasteiger partial charge is 0.211 e. The lowest BCUT2D eigenvalue weighted by Crippen LogP contribution is -2.07. The summed E-state index contributed by atoms with van der Waals surface area (Å²) >= 11 is 0. The third-order valence-electron chi connectivity index (χ3n) is 2.34. The van der Waals surface area contributed by atoms with E-state index in [9.17, 15) is 0 Å². The summed E-state index contributed by atoms with van der Waals surface area (Å²) in [7, 11) is 5.73. The minimum Gasteiger partial charge on any atom is -0.440 e. The van der Waals surface area contributed by atoms with Crippen molar-refractivity contribution in [1.82, 2.24) is 4.98 Å². The molecular weight excluding hydrogens is 213 g/mol. The van der Waals surface area contributed by atoms with Gasteiger partial charge in [-0.2, -0.15) is 0 Å². The fraction of sp³-hybridized carbons (Fsp3) is 0.154. The number of hydrogen-bond donors (Lipinski definition) is 1. The Morgan fingerprint density at radius 1 is 1.18 bits per heavy atom. The molecule has 1 aromatic carbocycles. The molecule has 0 amide bonds. The maximum absolute atomic E-state index is 8.80. The fourth-order valence-corrected chi connectivity index (χ4v) is 1.45. The lowest BCUT2D eigenvalue weighted by atomic mass is 9.98. The molecule has 0 spiro atoms. The van der Waals surface area contributed by atoms with E-state index in [1.165, 1.54) is 0 Å². The molecule has 0 fully saturated rings. The van der Waals surface area contributed by atoms with Gasteiger partial charge in [0.25, 0.3) is 0 Å². The van der Waals surface area contributed by atoms with E-state index in [1.807, 2.05) is 24.3 Å². The number of hydrogen-bond acceptors (Lipinski definition) is 3. The van der Waals surface area contributed by atoms with Gasteiger partial charge in [0, 0.05) is 12.8 Å². The minimum atomic E-state index is 0.146. The molecule has 0 saturated heterocycles. The maximum atomic E-state index is 8.80. The number of rotatable bonds is 4. The Morgan fingerprint density at radius 3 is 2.59 bits per heavy atom. The Kier molecular flexibility index (Phi) is 3.78. The topological polar surface area (TPSA) is 42.4 Å². The van der Waals surface area contributed by atoms with Crippen LogP contribution in [-0.4, -0.2) is 24.5 Å². The summed E-state index contributed by atoms with van der Waals surface area (Å²) in [6.45, 7) is 0.146. The normalized spacial score (nSPS) is 10.2. The first-order valence-corrected chi connectivity index (χ1v) is 5.38. The van der Waals surface area contributed by atoms with E-state index < -0.39 is 0 Å². The monoisotopic (exact) mass is 225 g/mol. The Labute approximate surface area is 101 Å². The minimum absolute atomic E-state index is 0.146. The van der Waals surface area contributed by atoms with Crippen LogP contribution >= 0.6 is 0 Å². The highest BCUT2D eigenvalue weighted by Crippen LogP contribution is 2.18. The van der Waals surface area contributed by atoms with Gasteiger partial charge in [-0.25, -0.2) is 4.98 Å². The van der Waals surface area contributed by atoms with E-state index in [2.05, 4.69) is 4.98 Å². The summed E-state index contributed by atoms with van der Waals surface area (Å²) < 4.78 is 5.54. The first-order valence-electron chi connectivity index (χ1n) is 5.38. The first kappa shape index (κ1) is 11.7. The van der Waals surface area contributed by atoms with Crippen molar-refractivity contribution in [1.29, 1.82) is 0 Å². The number of aromatic nitrogens is 1. The second-order valence-electron chi connectivity index (χ2n) is 3.62. The molecule has 17 heavy (non-hydrogen) atoms. The summed E-state index contributed by atoms with van der Waals surface area (Å²) in [5.74, 6) is 1.08. The van der Waals surface area contributed by atoms with Crippen LogP contribution in [-0.2, 0) is 6.42 Å². The van der Waals surface area contributed by atoms with Crippen LogP contribution in [0.15, 0.2) is 42.6 Å².